The summed E-state index contributed by atoms with van der Waals surface area (Å²) >= 11 is 0. The van der Waals surface area contributed by atoms with E-state index in [1.165, 1.54) is 66.8 Å². The van der Waals surface area contributed by atoms with Gasteiger partial charge in [-0.05, 0) is 133 Å². The van der Waals surface area contributed by atoms with Gasteiger partial charge in [-0.1, -0.05) is 158 Å². The standard InChI is InChI=1S/C62H70N4O/c1-58(2,3)42-26-27-63-57(36-42)66-53-21-17-16-20-51(53)52-25-24-49(38-56(52)66)67-50-35-46(62(13,14)15)34-48(37-50)65-39-64(54-22-18-19-23-55(54)65)47-31-41(30-45(33-47)61(10,11)12)40-28-43(59(4,5)6)32-44(29-40)60(7,8)9/h16-38H,39H2,1-15H3. The van der Waals surface area contributed by atoms with Crippen LogP contribution >= 0.6 is 0 Å². The molecule has 0 saturated heterocycles. The van der Waals surface area contributed by atoms with Crippen LogP contribution in [0, 0.1) is 0 Å². The molecule has 0 atom stereocenters. The molecule has 0 aliphatic carbocycles. The highest BCUT2D eigenvalue weighted by Crippen LogP contribution is 2.48. The highest BCUT2D eigenvalue weighted by atomic mass is 16.5. The van der Waals surface area contributed by atoms with Crippen molar-refractivity contribution in [3.05, 3.63) is 167 Å². The first kappa shape index (κ1) is 45.8. The molecule has 67 heavy (non-hydrogen) atoms. The van der Waals surface area contributed by atoms with Crippen molar-refractivity contribution in [2.24, 2.45) is 0 Å². The van der Waals surface area contributed by atoms with Gasteiger partial charge in [-0.15, -0.1) is 0 Å². The molecule has 0 saturated carbocycles. The maximum atomic E-state index is 7.00. The second-order valence-corrected chi connectivity index (χ2v) is 24.1. The normalized spacial score (nSPS) is 13.8. The average Bonchev–Trinajstić information content (AvgIpc) is 3.81. The van der Waals surface area contributed by atoms with Crippen molar-refractivity contribution < 1.29 is 4.74 Å². The summed E-state index contributed by atoms with van der Waals surface area (Å²) in [6.45, 7) is 35.1. The largest absolute Gasteiger partial charge is 0.457 e. The second-order valence-electron chi connectivity index (χ2n) is 24.1. The van der Waals surface area contributed by atoms with Gasteiger partial charge >= 0.3 is 0 Å². The number of ether oxygens (including phenoxy) is 1. The first-order valence-electron chi connectivity index (χ1n) is 24.1. The van der Waals surface area contributed by atoms with Crippen LogP contribution in [-0.4, -0.2) is 16.2 Å². The van der Waals surface area contributed by atoms with Gasteiger partial charge in [0.15, 0.2) is 0 Å². The Labute approximate surface area is 400 Å². The van der Waals surface area contributed by atoms with Gasteiger partial charge in [-0.2, -0.15) is 0 Å². The monoisotopic (exact) mass is 887 g/mol. The molecule has 0 fully saturated rings. The molecule has 0 spiro atoms. The molecular weight excluding hydrogens is 817 g/mol. The molecule has 5 nitrogen and oxygen atoms in total. The summed E-state index contributed by atoms with van der Waals surface area (Å²) in [4.78, 5) is 9.87. The highest BCUT2D eigenvalue weighted by molar-refractivity contribution is 6.09. The van der Waals surface area contributed by atoms with Crippen molar-refractivity contribution in [1.82, 2.24) is 9.55 Å². The van der Waals surface area contributed by atoms with E-state index in [1.54, 1.807) is 0 Å². The van der Waals surface area contributed by atoms with E-state index in [0.717, 1.165) is 34.0 Å². The smallest absolute Gasteiger partial charge is 0.137 e. The topological polar surface area (TPSA) is 33.5 Å². The number of para-hydroxylation sites is 3. The average molecular weight is 887 g/mol. The van der Waals surface area contributed by atoms with Crippen molar-refractivity contribution in [3.63, 3.8) is 0 Å². The molecule has 0 amide bonds. The number of hydrogen-bond donors (Lipinski definition) is 0. The van der Waals surface area contributed by atoms with Gasteiger partial charge in [0.05, 0.1) is 22.4 Å². The van der Waals surface area contributed by atoms with Gasteiger partial charge in [0, 0.05) is 40.5 Å². The molecular formula is C62H70N4O. The summed E-state index contributed by atoms with van der Waals surface area (Å²) < 4.78 is 9.28. The summed E-state index contributed by atoms with van der Waals surface area (Å²) in [6, 6.07) is 49.6. The van der Waals surface area contributed by atoms with Crippen LogP contribution < -0.4 is 14.5 Å². The molecule has 8 aromatic rings. The third-order valence-corrected chi connectivity index (χ3v) is 13.6. The minimum Gasteiger partial charge on any atom is -0.457 e. The molecule has 0 bridgehead atoms. The van der Waals surface area contributed by atoms with Crippen LogP contribution in [0.25, 0.3) is 38.8 Å². The van der Waals surface area contributed by atoms with Crippen molar-refractivity contribution in [2.45, 2.75) is 131 Å². The Bertz CT molecular complexity index is 3140. The number of pyridine rings is 1. The maximum Gasteiger partial charge on any atom is 0.137 e. The van der Waals surface area contributed by atoms with E-state index in [9.17, 15) is 0 Å². The molecule has 1 aliphatic heterocycles. The molecule has 0 N–H and O–H groups in total. The first-order chi connectivity index (χ1) is 31.3. The zero-order chi connectivity index (χ0) is 48.0. The van der Waals surface area contributed by atoms with Gasteiger partial charge in [0.2, 0.25) is 0 Å². The van der Waals surface area contributed by atoms with E-state index in [-0.39, 0.29) is 27.1 Å². The van der Waals surface area contributed by atoms with Crippen molar-refractivity contribution in [1.29, 1.82) is 0 Å². The molecule has 0 unspecified atom stereocenters. The Balaban J connectivity index is 1.14. The fourth-order valence-electron chi connectivity index (χ4n) is 9.32. The van der Waals surface area contributed by atoms with Crippen molar-refractivity contribution in [3.8, 4) is 28.4 Å². The van der Waals surface area contributed by atoms with Crippen LogP contribution in [0.2, 0.25) is 0 Å². The number of aromatic nitrogens is 2. The van der Waals surface area contributed by atoms with E-state index in [2.05, 4.69) is 252 Å². The Morgan fingerprint density at radius 3 is 1.48 bits per heavy atom. The molecule has 1 aliphatic rings. The van der Waals surface area contributed by atoms with E-state index in [4.69, 9.17) is 9.72 Å². The fraction of sp³-hybridized carbons (Fsp3) is 0.339. The fourth-order valence-corrected chi connectivity index (χ4v) is 9.32. The molecule has 2 aromatic heterocycles. The van der Waals surface area contributed by atoms with E-state index < -0.39 is 0 Å². The van der Waals surface area contributed by atoms with Gasteiger partial charge < -0.3 is 14.5 Å². The lowest BCUT2D eigenvalue weighted by molar-refractivity contribution is 0.479. The lowest BCUT2D eigenvalue weighted by Crippen LogP contribution is -2.25. The Morgan fingerprint density at radius 1 is 0.403 bits per heavy atom. The minimum atomic E-state index is -0.128. The Kier molecular flexibility index (Phi) is 11.1. The predicted molar refractivity (Wildman–Crippen MR) is 286 cm³/mol. The summed E-state index contributed by atoms with van der Waals surface area (Å²) in [5.74, 6) is 2.48. The molecule has 0 radical (unpaired) electrons. The van der Waals surface area contributed by atoms with Crippen LogP contribution in [0.3, 0.4) is 0 Å². The zero-order valence-electron chi connectivity index (χ0n) is 42.7. The van der Waals surface area contributed by atoms with Gasteiger partial charge in [0.1, 0.15) is 24.0 Å². The van der Waals surface area contributed by atoms with Crippen LogP contribution in [0.4, 0.5) is 22.7 Å². The van der Waals surface area contributed by atoms with Gasteiger partial charge in [-0.3, -0.25) is 4.57 Å². The molecule has 5 heteroatoms. The highest BCUT2D eigenvalue weighted by Gasteiger charge is 2.31. The Morgan fingerprint density at radius 2 is 0.896 bits per heavy atom. The molecule has 344 valence electrons. The molecule has 3 heterocycles. The summed E-state index contributed by atoms with van der Waals surface area (Å²) in [5.41, 5.74) is 15.6. The summed E-state index contributed by atoms with van der Waals surface area (Å²) in [7, 11) is 0. The number of benzene rings is 6. The van der Waals surface area contributed by atoms with Crippen LogP contribution in [0.1, 0.15) is 132 Å². The molecule has 6 aromatic carbocycles. The minimum absolute atomic E-state index is 0.0120. The van der Waals surface area contributed by atoms with Crippen LogP contribution in [-0.2, 0) is 27.1 Å². The molecule has 9 rings (SSSR count). The van der Waals surface area contributed by atoms with Gasteiger partial charge in [0.25, 0.3) is 0 Å². The maximum absolute atomic E-state index is 7.00. The van der Waals surface area contributed by atoms with E-state index in [1.807, 2.05) is 6.20 Å². The quantitative estimate of drug-likeness (QED) is 0.167. The first-order valence-corrected chi connectivity index (χ1v) is 24.1. The zero-order valence-corrected chi connectivity index (χ0v) is 42.7. The number of rotatable bonds is 6. The number of hydrogen-bond acceptors (Lipinski definition) is 4. The third-order valence-electron chi connectivity index (χ3n) is 13.6. The number of anilines is 4. The van der Waals surface area contributed by atoms with E-state index in [0.29, 0.717) is 6.67 Å². The van der Waals surface area contributed by atoms with Crippen LogP contribution in [0.5, 0.6) is 11.5 Å². The van der Waals surface area contributed by atoms with Gasteiger partial charge in [-0.25, -0.2) is 4.98 Å². The number of nitrogens with zero attached hydrogens (tertiary/aromatic N) is 4. The third kappa shape index (κ3) is 8.98. The summed E-state index contributed by atoms with van der Waals surface area (Å²) in [6.07, 6.45) is 1.93. The lowest BCUT2D eigenvalue weighted by Gasteiger charge is -2.29. The SMILES string of the molecule is CC(C)(C)c1cc(Oc2ccc3c4ccccc4n(-c4cc(C(C)(C)C)ccn4)c3c2)cc(N2CN(c3cc(-c4cc(C(C)(C)C)cc(C(C)(C)C)c4)cc(C(C)(C)C)c3)c3ccccc32)c1. The Hall–Kier alpha value is -6.33. The van der Waals surface area contributed by atoms with E-state index >= 15 is 0 Å². The second kappa shape index (κ2) is 16.2. The number of fused-ring (bicyclic) bond motifs is 4. The predicted octanol–water partition coefficient (Wildman–Crippen LogP) is 17.4. The van der Waals surface area contributed by atoms with Crippen LogP contribution in [0.15, 0.2) is 140 Å². The van der Waals surface area contributed by atoms with Crippen molar-refractivity contribution >= 4 is 44.6 Å². The van der Waals surface area contributed by atoms with Crippen molar-refractivity contribution in [2.75, 3.05) is 16.5 Å². The lowest BCUT2D eigenvalue weighted by atomic mass is 9.78. The summed E-state index contributed by atoms with van der Waals surface area (Å²) in [5, 5.41) is 2.36.